The Morgan fingerprint density at radius 3 is 2.67 bits per heavy atom. The van der Waals surface area contributed by atoms with Crippen molar-refractivity contribution in [3.8, 4) is 0 Å². The van der Waals surface area contributed by atoms with Crippen LogP contribution in [0, 0.1) is 5.92 Å². The Bertz CT molecular complexity index is 255. The number of amides is 1. The Kier molecular flexibility index (Phi) is 4.08. The van der Waals surface area contributed by atoms with Crippen LogP contribution in [0.15, 0.2) is 0 Å². The quantitative estimate of drug-likeness (QED) is 0.695. The zero-order valence-corrected chi connectivity index (χ0v) is 8.98. The number of aliphatic carboxylic acids is 1. The largest absolute Gasteiger partial charge is 0.481 e. The number of carboxylic acid groups (broad SMARTS) is 1. The van der Waals surface area contributed by atoms with Crippen LogP contribution < -0.4 is 5.73 Å². The standard InChI is InChI=1S/C10H18N2O3/c1-7-6-8(10(14)15)3-5-12(7)9(13)2-4-11/h7-8H,2-6,11H2,1H3,(H,14,15). The van der Waals surface area contributed by atoms with Gasteiger partial charge < -0.3 is 15.7 Å². The van der Waals surface area contributed by atoms with E-state index in [1.165, 1.54) is 0 Å². The van der Waals surface area contributed by atoms with Crippen molar-refractivity contribution in [1.29, 1.82) is 0 Å². The predicted molar refractivity (Wildman–Crippen MR) is 55.2 cm³/mol. The molecule has 5 heteroatoms. The highest BCUT2D eigenvalue weighted by molar-refractivity contribution is 5.77. The van der Waals surface area contributed by atoms with Crippen molar-refractivity contribution in [2.24, 2.45) is 11.7 Å². The van der Waals surface area contributed by atoms with E-state index in [9.17, 15) is 9.59 Å². The van der Waals surface area contributed by atoms with E-state index >= 15 is 0 Å². The lowest BCUT2D eigenvalue weighted by Crippen LogP contribution is -2.46. The molecule has 0 spiro atoms. The summed E-state index contributed by atoms with van der Waals surface area (Å²) in [5.41, 5.74) is 5.32. The molecule has 0 radical (unpaired) electrons. The van der Waals surface area contributed by atoms with Crippen LogP contribution in [0.3, 0.4) is 0 Å². The molecular formula is C10H18N2O3. The number of carboxylic acids is 1. The fraction of sp³-hybridized carbons (Fsp3) is 0.800. The summed E-state index contributed by atoms with van der Waals surface area (Å²) in [6, 6.07) is 0.0129. The minimum absolute atomic E-state index is 0.0129. The fourth-order valence-electron chi connectivity index (χ4n) is 2.03. The number of carbonyl (C=O) groups is 2. The summed E-state index contributed by atoms with van der Waals surface area (Å²) in [6.45, 7) is 2.78. The van der Waals surface area contributed by atoms with Crippen LogP contribution in [0.2, 0.25) is 0 Å². The average Bonchev–Trinajstić information content (AvgIpc) is 2.17. The van der Waals surface area contributed by atoms with Crippen LogP contribution in [0.4, 0.5) is 0 Å². The Morgan fingerprint density at radius 2 is 2.20 bits per heavy atom. The van der Waals surface area contributed by atoms with Gasteiger partial charge in [0.15, 0.2) is 0 Å². The Morgan fingerprint density at radius 1 is 1.53 bits per heavy atom. The van der Waals surface area contributed by atoms with Crippen LogP contribution >= 0.6 is 0 Å². The molecule has 1 heterocycles. The molecule has 1 rings (SSSR count). The van der Waals surface area contributed by atoms with Gasteiger partial charge in [0.2, 0.25) is 5.91 Å². The predicted octanol–water partition coefficient (Wildman–Crippen LogP) is 0.0469. The first-order chi connectivity index (χ1) is 7.06. The average molecular weight is 214 g/mol. The van der Waals surface area contributed by atoms with E-state index in [0.717, 1.165) is 0 Å². The molecule has 2 unspecified atom stereocenters. The number of carbonyl (C=O) groups excluding carboxylic acids is 1. The van der Waals surface area contributed by atoms with Crippen LogP contribution in [0.25, 0.3) is 0 Å². The van der Waals surface area contributed by atoms with E-state index in [0.29, 0.717) is 32.4 Å². The molecule has 5 nitrogen and oxygen atoms in total. The monoisotopic (exact) mass is 214 g/mol. The molecule has 1 aliphatic heterocycles. The van der Waals surface area contributed by atoms with Gasteiger partial charge in [-0.2, -0.15) is 0 Å². The second-order valence-corrected chi connectivity index (χ2v) is 4.03. The number of piperidine rings is 1. The maximum Gasteiger partial charge on any atom is 0.306 e. The number of likely N-dealkylation sites (tertiary alicyclic amines) is 1. The van der Waals surface area contributed by atoms with Crippen molar-refractivity contribution >= 4 is 11.9 Å². The Labute approximate surface area is 89.2 Å². The molecule has 0 aromatic heterocycles. The van der Waals surface area contributed by atoms with Gasteiger partial charge in [-0.25, -0.2) is 0 Å². The zero-order chi connectivity index (χ0) is 11.4. The molecule has 1 saturated heterocycles. The highest BCUT2D eigenvalue weighted by Gasteiger charge is 2.31. The summed E-state index contributed by atoms with van der Waals surface area (Å²) in [6.07, 6.45) is 1.45. The summed E-state index contributed by atoms with van der Waals surface area (Å²) in [5.74, 6) is -1.02. The lowest BCUT2D eigenvalue weighted by Gasteiger charge is -2.36. The summed E-state index contributed by atoms with van der Waals surface area (Å²) in [7, 11) is 0. The molecular weight excluding hydrogens is 196 g/mol. The van der Waals surface area contributed by atoms with Gasteiger partial charge in [-0.15, -0.1) is 0 Å². The lowest BCUT2D eigenvalue weighted by molar-refractivity contribution is -0.147. The van der Waals surface area contributed by atoms with Gasteiger partial charge in [-0.05, 0) is 19.8 Å². The van der Waals surface area contributed by atoms with Crippen molar-refractivity contribution in [2.45, 2.75) is 32.2 Å². The van der Waals surface area contributed by atoms with E-state index in [1.807, 2.05) is 6.92 Å². The van der Waals surface area contributed by atoms with Crippen LogP contribution in [-0.2, 0) is 9.59 Å². The summed E-state index contributed by atoms with van der Waals surface area (Å²) in [5, 5.41) is 8.86. The Balaban J connectivity index is 2.52. The van der Waals surface area contributed by atoms with Gasteiger partial charge >= 0.3 is 5.97 Å². The lowest BCUT2D eigenvalue weighted by atomic mass is 9.91. The van der Waals surface area contributed by atoms with Crippen LogP contribution in [0.5, 0.6) is 0 Å². The third-order valence-electron chi connectivity index (χ3n) is 2.90. The van der Waals surface area contributed by atoms with Crippen molar-refractivity contribution in [3.05, 3.63) is 0 Å². The van der Waals surface area contributed by atoms with Crippen molar-refractivity contribution < 1.29 is 14.7 Å². The third kappa shape index (κ3) is 2.92. The van der Waals surface area contributed by atoms with Gasteiger partial charge in [0.25, 0.3) is 0 Å². The molecule has 0 aromatic rings. The smallest absolute Gasteiger partial charge is 0.306 e. The van der Waals surface area contributed by atoms with E-state index in [4.69, 9.17) is 10.8 Å². The molecule has 1 amide bonds. The summed E-state index contributed by atoms with van der Waals surface area (Å²) >= 11 is 0. The molecule has 0 aromatic carbocycles. The third-order valence-corrected chi connectivity index (χ3v) is 2.90. The van der Waals surface area contributed by atoms with Crippen LogP contribution in [0.1, 0.15) is 26.2 Å². The number of hydrogen-bond donors (Lipinski definition) is 2. The molecule has 15 heavy (non-hydrogen) atoms. The second kappa shape index (κ2) is 5.11. The summed E-state index contributed by atoms with van der Waals surface area (Å²) in [4.78, 5) is 24.1. The topological polar surface area (TPSA) is 83.6 Å². The molecule has 0 aliphatic carbocycles. The molecule has 2 atom stereocenters. The first-order valence-electron chi connectivity index (χ1n) is 5.28. The molecule has 1 aliphatic rings. The van der Waals surface area contributed by atoms with Gasteiger partial charge in [-0.1, -0.05) is 0 Å². The van der Waals surface area contributed by atoms with E-state index < -0.39 is 5.97 Å². The highest BCUT2D eigenvalue weighted by atomic mass is 16.4. The fourth-order valence-corrected chi connectivity index (χ4v) is 2.03. The highest BCUT2D eigenvalue weighted by Crippen LogP contribution is 2.23. The number of nitrogens with two attached hydrogens (primary N) is 1. The molecule has 3 N–H and O–H groups in total. The minimum Gasteiger partial charge on any atom is -0.481 e. The molecule has 86 valence electrons. The van der Waals surface area contributed by atoms with Gasteiger partial charge in [0.1, 0.15) is 0 Å². The second-order valence-electron chi connectivity index (χ2n) is 4.03. The first-order valence-corrected chi connectivity index (χ1v) is 5.28. The zero-order valence-electron chi connectivity index (χ0n) is 8.98. The van der Waals surface area contributed by atoms with E-state index in [-0.39, 0.29) is 17.9 Å². The maximum absolute atomic E-state index is 11.6. The normalized spacial score (nSPS) is 26.4. The van der Waals surface area contributed by atoms with Gasteiger partial charge in [0.05, 0.1) is 5.92 Å². The summed E-state index contributed by atoms with van der Waals surface area (Å²) < 4.78 is 0. The first kappa shape index (κ1) is 12.0. The molecule has 1 fully saturated rings. The van der Waals surface area contributed by atoms with Gasteiger partial charge in [0, 0.05) is 25.6 Å². The SMILES string of the molecule is CC1CC(C(=O)O)CCN1C(=O)CCN. The Hall–Kier alpha value is -1.10. The molecule has 0 bridgehead atoms. The number of nitrogens with zero attached hydrogens (tertiary/aromatic N) is 1. The van der Waals surface area contributed by atoms with Crippen molar-refractivity contribution in [1.82, 2.24) is 4.90 Å². The minimum atomic E-state index is -0.757. The van der Waals surface area contributed by atoms with E-state index in [2.05, 4.69) is 0 Å². The van der Waals surface area contributed by atoms with Crippen molar-refractivity contribution in [3.63, 3.8) is 0 Å². The number of rotatable bonds is 3. The van der Waals surface area contributed by atoms with Crippen LogP contribution in [-0.4, -0.2) is 41.0 Å². The van der Waals surface area contributed by atoms with Gasteiger partial charge in [-0.3, -0.25) is 9.59 Å². The van der Waals surface area contributed by atoms with Crippen molar-refractivity contribution in [2.75, 3.05) is 13.1 Å². The maximum atomic E-state index is 11.6. The number of hydrogen-bond acceptors (Lipinski definition) is 3. The molecule has 0 saturated carbocycles. The van der Waals surface area contributed by atoms with E-state index in [1.54, 1.807) is 4.90 Å².